The lowest BCUT2D eigenvalue weighted by Gasteiger charge is -2.11. The van der Waals surface area contributed by atoms with Crippen molar-refractivity contribution in [2.45, 2.75) is 0 Å². The molecule has 0 saturated carbocycles. The lowest BCUT2D eigenvalue weighted by Crippen LogP contribution is -2.20. The lowest BCUT2D eigenvalue weighted by molar-refractivity contribution is 0.0963. The van der Waals surface area contributed by atoms with E-state index in [1.54, 1.807) is 56.6 Å². The van der Waals surface area contributed by atoms with Crippen LogP contribution in [-0.2, 0) is 0 Å². The largest absolute Gasteiger partial charge is 0.493 e. The first-order valence-electron chi connectivity index (χ1n) is 7.19. The number of carbonyl (C=O) groups is 2. The lowest BCUT2D eigenvalue weighted by atomic mass is 10.2. The molecule has 0 fully saturated rings. The second kappa shape index (κ2) is 7.87. The first-order valence-corrected chi connectivity index (χ1v) is 7.19. The molecule has 0 spiro atoms. The molecule has 0 aliphatic rings. The monoisotopic (exact) mass is 329 g/mol. The summed E-state index contributed by atoms with van der Waals surface area (Å²) in [4.78, 5) is 23.5. The van der Waals surface area contributed by atoms with Gasteiger partial charge in [0.15, 0.2) is 11.5 Å². The van der Waals surface area contributed by atoms with Crippen LogP contribution in [-0.4, -0.2) is 33.2 Å². The fourth-order valence-electron chi connectivity index (χ4n) is 2.06. The molecule has 0 aliphatic carbocycles. The topological polar surface area (TPSA) is 88.7 Å². The maximum atomic E-state index is 12.0. The molecular formula is C17H19N3O4. The molecule has 126 valence electrons. The number of amides is 3. The van der Waals surface area contributed by atoms with Gasteiger partial charge in [-0.1, -0.05) is 0 Å². The van der Waals surface area contributed by atoms with Crippen molar-refractivity contribution in [2.75, 3.05) is 31.9 Å². The van der Waals surface area contributed by atoms with Crippen LogP contribution in [0.25, 0.3) is 0 Å². The number of ether oxygens (including phenoxy) is 2. The van der Waals surface area contributed by atoms with Crippen LogP contribution in [0.15, 0.2) is 42.5 Å². The summed E-state index contributed by atoms with van der Waals surface area (Å²) >= 11 is 0. The van der Waals surface area contributed by atoms with Gasteiger partial charge in [-0.05, 0) is 36.4 Å². The summed E-state index contributed by atoms with van der Waals surface area (Å²) in [5.41, 5.74) is 1.65. The summed E-state index contributed by atoms with van der Waals surface area (Å²) in [6.07, 6.45) is 0. The van der Waals surface area contributed by atoms with E-state index in [0.717, 1.165) is 0 Å². The van der Waals surface area contributed by atoms with Gasteiger partial charge >= 0.3 is 6.03 Å². The molecule has 3 N–H and O–H groups in total. The number of rotatable bonds is 5. The third kappa shape index (κ3) is 4.16. The predicted octanol–water partition coefficient (Wildman–Crippen LogP) is 2.71. The molecule has 2 aromatic carbocycles. The Morgan fingerprint density at radius 3 is 2.00 bits per heavy atom. The van der Waals surface area contributed by atoms with E-state index < -0.39 is 6.03 Å². The molecule has 3 amide bonds. The zero-order chi connectivity index (χ0) is 17.5. The van der Waals surface area contributed by atoms with E-state index in [1.807, 2.05) is 0 Å². The van der Waals surface area contributed by atoms with E-state index in [1.165, 1.54) is 7.11 Å². The molecule has 0 unspecified atom stereocenters. The van der Waals surface area contributed by atoms with Crippen LogP contribution in [0.1, 0.15) is 10.4 Å². The third-order valence-corrected chi connectivity index (χ3v) is 3.27. The highest BCUT2D eigenvalue weighted by molar-refractivity contribution is 6.00. The Morgan fingerprint density at radius 1 is 0.833 bits per heavy atom. The SMILES string of the molecule is CNC(=O)c1ccc(NC(=O)Nc2ccc(OC)c(OC)c2)cc1. The number of urea groups is 1. The first kappa shape index (κ1) is 17.1. The summed E-state index contributed by atoms with van der Waals surface area (Å²) in [6.45, 7) is 0. The minimum absolute atomic E-state index is 0.184. The fourth-order valence-corrected chi connectivity index (χ4v) is 2.06. The van der Waals surface area contributed by atoms with Crippen molar-refractivity contribution in [1.82, 2.24) is 5.32 Å². The van der Waals surface area contributed by atoms with Gasteiger partial charge in [-0.2, -0.15) is 0 Å². The second-order valence-corrected chi connectivity index (χ2v) is 4.81. The van der Waals surface area contributed by atoms with Crippen LogP contribution in [0, 0.1) is 0 Å². The van der Waals surface area contributed by atoms with Crippen LogP contribution < -0.4 is 25.4 Å². The predicted molar refractivity (Wildman–Crippen MR) is 92.0 cm³/mol. The Hall–Kier alpha value is -3.22. The quantitative estimate of drug-likeness (QED) is 0.787. The minimum Gasteiger partial charge on any atom is -0.493 e. The van der Waals surface area contributed by atoms with Gasteiger partial charge in [0.1, 0.15) is 0 Å². The highest BCUT2D eigenvalue weighted by atomic mass is 16.5. The van der Waals surface area contributed by atoms with E-state index in [-0.39, 0.29) is 5.91 Å². The van der Waals surface area contributed by atoms with Crippen LogP contribution in [0.3, 0.4) is 0 Å². The third-order valence-electron chi connectivity index (χ3n) is 3.27. The number of nitrogens with one attached hydrogen (secondary N) is 3. The van der Waals surface area contributed by atoms with Crippen LogP contribution in [0.2, 0.25) is 0 Å². The smallest absolute Gasteiger partial charge is 0.323 e. The van der Waals surface area contributed by atoms with Crippen molar-refractivity contribution in [3.8, 4) is 11.5 Å². The van der Waals surface area contributed by atoms with E-state index in [4.69, 9.17) is 9.47 Å². The first-order chi connectivity index (χ1) is 11.6. The Morgan fingerprint density at radius 2 is 1.42 bits per heavy atom. The molecule has 0 aliphatic heterocycles. The number of methoxy groups -OCH3 is 2. The molecule has 24 heavy (non-hydrogen) atoms. The van der Waals surface area contributed by atoms with Gasteiger partial charge in [-0.25, -0.2) is 4.79 Å². The highest BCUT2D eigenvalue weighted by Gasteiger charge is 2.08. The highest BCUT2D eigenvalue weighted by Crippen LogP contribution is 2.29. The molecule has 0 bridgehead atoms. The average Bonchev–Trinajstić information content (AvgIpc) is 2.61. The van der Waals surface area contributed by atoms with Crippen molar-refractivity contribution in [3.05, 3.63) is 48.0 Å². The summed E-state index contributed by atoms with van der Waals surface area (Å²) in [5.74, 6) is 0.912. The van der Waals surface area contributed by atoms with E-state index in [9.17, 15) is 9.59 Å². The Kier molecular flexibility index (Phi) is 5.62. The summed E-state index contributed by atoms with van der Waals surface area (Å²) < 4.78 is 10.3. The van der Waals surface area contributed by atoms with Gasteiger partial charge in [-0.3, -0.25) is 4.79 Å². The molecule has 2 rings (SSSR count). The average molecular weight is 329 g/mol. The zero-order valence-corrected chi connectivity index (χ0v) is 13.7. The Labute approximate surface area is 140 Å². The molecule has 0 radical (unpaired) electrons. The molecule has 0 aromatic heterocycles. The maximum Gasteiger partial charge on any atom is 0.323 e. The van der Waals surface area contributed by atoms with Crippen LogP contribution in [0.5, 0.6) is 11.5 Å². The number of carbonyl (C=O) groups excluding carboxylic acids is 2. The van der Waals surface area contributed by atoms with Crippen molar-refractivity contribution >= 4 is 23.3 Å². The molecule has 2 aromatic rings. The maximum absolute atomic E-state index is 12.0. The van der Waals surface area contributed by atoms with Crippen molar-refractivity contribution in [1.29, 1.82) is 0 Å². The van der Waals surface area contributed by atoms with Gasteiger partial charge in [-0.15, -0.1) is 0 Å². The van der Waals surface area contributed by atoms with E-state index in [2.05, 4.69) is 16.0 Å². The molecular weight excluding hydrogens is 310 g/mol. The number of benzene rings is 2. The molecule has 0 atom stereocenters. The van der Waals surface area contributed by atoms with Gasteiger partial charge in [0.25, 0.3) is 5.91 Å². The van der Waals surface area contributed by atoms with Gasteiger partial charge in [0, 0.05) is 30.1 Å². The van der Waals surface area contributed by atoms with E-state index >= 15 is 0 Å². The summed E-state index contributed by atoms with van der Waals surface area (Å²) in [7, 11) is 4.63. The number of hydrogen-bond acceptors (Lipinski definition) is 4. The van der Waals surface area contributed by atoms with Crippen molar-refractivity contribution in [2.24, 2.45) is 0 Å². The summed E-state index contributed by atoms with van der Waals surface area (Å²) in [6, 6.07) is 11.2. The van der Waals surface area contributed by atoms with Gasteiger partial charge < -0.3 is 25.4 Å². The minimum atomic E-state index is -0.407. The number of anilines is 2. The second-order valence-electron chi connectivity index (χ2n) is 4.81. The van der Waals surface area contributed by atoms with Crippen molar-refractivity contribution in [3.63, 3.8) is 0 Å². The molecule has 7 heteroatoms. The number of hydrogen-bond donors (Lipinski definition) is 3. The zero-order valence-electron chi connectivity index (χ0n) is 13.7. The molecule has 0 saturated heterocycles. The normalized spacial score (nSPS) is 9.79. The molecule has 0 heterocycles. The van der Waals surface area contributed by atoms with E-state index in [0.29, 0.717) is 28.4 Å². The Bertz CT molecular complexity index is 729. The van der Waals surface area contributed by atoms with Gasteiger partial charge in [0.2, 0.25) is 0 Å². The van der Waals surface area contributed by atoms with Crippen LogP contribution in [0.4, 0.5) is 16.2 Å². The van der Waals surface area contributed by atoms with Gasteiger partial charge in [0.05, 0.1) is 14.2 Å². The van der Waals surface area contributed by atoms with Crippen molar-refractivity contribution < 1.29 is 19.1 Å². The Balaban J connectivity index is 2.01. The standard InChI is InChI=1S/C17H19N3O4/c1-18-16(21)11-4-6-12(7-5-11)19-17(22)20-13-8-9-14(23-2)15(10-13)24-3/h4-10H,1-3H3,(H,18,21)(H2,19,20,22). The summed E-state index contributed by atoms with van der Waals surface area (Å²) in [5, 5.41) is 7.92. The molecule has 7 nitrogen and oxygen atoms in total. The fraction of sp³-hybridized carbons (Fsp3) is 0.176. The van der Waals surface area contributed by atoms with Crippen LogP contribution >= 0.6 is 0 Å².